The van der Waals surface area contributed by atoms with E-state index >= 15 is 0 Å². The number of amides is 2. The van der Waals surface area contributed by atoms with Crippen LogP contribution >= 0.6 is 0 Å². The second kappa shape index (κ2) is 10.9. The molecule has 1 aliphatic heterocycles. The van der Waals surface area contributed by atoms with E-state index in [-0.39, 0.29) is 30.0 Å². The Bertz CT molecular complexity index is 1210. The molecule has 2 N–H and O–H groups in total. The number of nitrogens with one attached hydrogen (secondary N) is 1. The van der Waals surface area contributed by atoms with Crippen LogP contribution in [0, 0.1) is 18.7 Å². The molecular weight excluding hydrogens is 463 g/mol. The van der Waals surface area contributed by atoms with Crippen molar-refractivity contribution in [3.05, 3.63) is 65.9 Å². The average molecular weight is 495 g/mol. The largest absolute Gasteiger partial charge is 0.394 e. The minimum Gasteiger partial charge on any atom is -0.394 e. The van der Waals surface area contributed by atoms with Gasteiger partial charge in [-0.05, 0) is 43.4 Å². The number of nitrogens with zero attached hydrogens (tertiary/aromatic N) is 5. The van der Waals surface area contributed by atoms with Gasteiger partial charge in [-0.1, -0.05) is 43.3 Å². The maximum Gasteiger partial charge on any atom is 0.248 e. The predicted molar refractivity (Wildman–Crippen MR) is 131 cm³/mol. The molecule has 3 aromatic rings. The number of benzene rings is 1. The molecule has 190 valence electrons. The Morgan fingerprint density at radius 2 is 1.97 bits per heavy atom. The van der Waals surface area contributed by atoms with E-state index in [4.69, 9.17) is 0 Å². The highest BCUT2D eigenvalue weighted by atomic mass is 19.1. The molecule has 0 unspecified atom stereocenters. The number of aryl methyl sites for hydroxylation is 1. The lowest BCUT2D eigenvalue weighted by atomic mass is 10.0. The van der Waals surface area contributed by atoms with Gasteiger partial charge in [0.15, 0.2) is 0 Å². The molecule has 1 aromatic carbocycles. The number of likely N-dealkylation sites (tertiary alicyclic amines) is 1. The lowest BCUT2D eigenvalue weighted by Gasteiger charge is -2.30. The van der Waals surface area contributed by atoms with Crippen LogP contribution in [0.25, 0.3) is 11.3 Å². The summed E-state index contributed by atoms with van der Waals surface area (Å²) in [5.74, 6) is -0.966. The zero-order valence-electron chi connectivity index (χ0n) is 20.6. The highest BCUT2D eigenvalue weighted by molar-refractivity contribution is 5.90. The lowest BCUT2D eigenvalue weighted by Crippen LogP contribution is -2.50. The van der Waals surface area contributed by atoms with Crippen LogP contribution in [0.4, 0.5) is 4.39 Å². The monoisotopic (exact) mass is 494 g/mol. The number of carbonyl (C=O) groups is 2. The van der Waals surface area contributed by atoms with E-state index < -0.39 is 23.9 Å². The summed E-state index contributed by atoms with van der Waals surface area (Å²) in [4.78, 5) is 32.5. The highest BCUT2D eigenvalue weighted by Gasteiger charge is 2.39. The fraction of sp³-hybridized carbons (Fsp3) is 0.423. The maximum atomic E-state index is 14.1. The van der Waals surface area contributed by atoms with Crippen molar-refractivity contribution in [3.8, 4) is 11.3 Å². The second-order valence-corrected chi connectivity index (χ2v) is 9.42. The van der Waals surface area contributed by atoms with Crippen molar-refractivity contribution in [2.45, 2.75) is 51.7 Å². The number of aromatic nitrogens is 4. The van der Waals surface area contributed by atoms with E-state index in [9.17, 15) is 19.1 Å². The molecule has 9 nitrogen and oxygen atoms in total. The standard InChI is InChI=1S/C26H31FN6O3/c1-16(2)24(33-14-17(3)30-31-33)26(36)32-13-5-7-22(32)25(35)29-21(15-34)18-8-10-19(11-9-18)23-20(27)6-4-12-28-23/h4,6,8-12,14,16,21-22,24,34H,5,7,13,15H2,1-3H3,(H,29,35)/t21-,22-,24-/m0/s1. The van der Waals surface area contributed by atoms with Crippen LogP contribution in [0.1, 0.15) is 50.0 Å². The van der Waals surface area contributed by atoms with Crippen LogP contribution in [0.3, 0.4) is 0 Å². The smallest absolute Gasteiger partial charge is 0.248 e. The van der Waals surface area contributed by atoms with Crippen LogP contribution in [0.15, 0.2) is 48.8 Å². The summed E-state index contributed by atoms with van der Waals surface area (Å²) < 4.78 is 15.6. The average Bonchev–Trinajstić information content (AvgIpc) is 3.52. The molecule has 2 aromatic heterocycles. The number of pyridine rings is 1. The van der Waals surface area contributed by atoms with Crippen molar-refractivity contribution in [2.75, 3.05) is 13.2 Å². The minimum atomic E-state index is -0.670. The van der Waals surface area contributed by atoms with Crippen LogP contribution < -0.4 is 5.32 Å². The Balaban J connectivity index is 1.48. The molecule has 36 heavy (non-hydrogen) atoms. The fourth-order valence-electron chi connectivity index (χ4n) is 4.65. The normalized spacial score (nSPS) is 17.3. The third-order valence-corrected chi connectivity index (χ3v) is 6.48. The lowest BCUT2D eigenvalue weighted by molar-refractivity contribution is -0.142. The molecule has 4 rings (SSSR count). The number of carbonyl (C=O) groups excluding carboxylic acids is 2. The summed E-state index contributed by atoms with van der Waals surface area (Å²) in [5.41, 5.74) is 2.21. The topological polar surface area (TPSA) is 113 Å². The van der Waals surface area contributed by atoms with E-state index in [1.807, 2.05) is 20.8 Å². The maximum absolute atomic E-state index is 14.1. The molecule has 0 aliphatic carbocycles. The quantitative estimate of drug-likeness (QED) is 0.498. The molecule has 3 heterocycles. The zero-order chi connectivity index (χ0) is 25.8. The van der Waals surface area contributed by atoms with Crippen LogP contribution in [-0.4, -0.2) is 61.0 Å². The van der Waals surface area contributed by atoms with Crippen molar-refractivity contribution in [1.82, 2.24) is 30.2 Å². The molecule has 3 atom stereocenters. The molecule has 1 saturated heterocycles. The Hall–Kier alpha value is -3.66. The van der Waals surface area contributed by atoms with Crippen LogP contribution in [0.5, 0.6) is 0 Å². The van der Waals surface area contributed by atoms with Gasteiger partial charge in [-0.2, -0.15) is 0 Å². The van der Waals surface area contributed by atoms with Gasteiger partial charge in [0.25, 0.3) is 0 Å². The van der Waals surface area contributed by atoms with Gasteiger partial charge in [0.1, 0.15) is 23.6 Å². The van der Waals surface area contributed by atoms with Gasteiger partial charge in [0.2, 0.25) is 11.8 Å². The third kappa shape index (κ3) is 5.28. The number of hydrogen-bond donors (Lipinski definition) is 2. The highest BCUT2D eigenvalue weighted by Crippen LogP contribution is 2.27. The first kappa shape index (κ1) is 25.4. The molecule has 0 spiro atoms. The molecule has 0 radical (unpaired) electrons. The number of rotatable bonds is 8. The van der Waals surface area contributed by atoms with Crippen molar-refractivity contribution in [2.24, 2.45) is 5.92 Å². The minimum absolute atomic E-state index is 0.0458. The Labute approximate surface area is 209 Å². The SMILES string of the molecule is Cc1cn([C@H](C(=O)N2CCC[C@H]2C(=O)N[C@@H](CO)c2ccc(-c3ncccc3F)cc2)C(C)C)nn1. The van der Waals surface area contributed by atoms with Gasteiger partial charge in [0.05, 0.1) is 18.3 Å². The first-order valence-electron chi connectivity index (χ1n) is 12.1. The molecule has 10 heteroatoms. The summed E-state index contributed by atoms with van der Waals surface area (Å²) in [5, 5.41) is 21.0. The summed E-state index contributed by atoms with van der Waals surface area (Å²) in [7, 11) is 0. The Morgan fingerprint density at radius 3 is 2.58 bits per heavy atom. The predicted octanol–water partition coefficient (Wildman–Crippen LogP) is 2.83. The van der Waals surface area contributed by atoms with Gasteiger partial charge in [0, 0.05) is 24.5 Å². The van der Waals surface area contributed by atoms with Gasteiger partial charge < -0.3 is 15.3 Å². The summed E-state index contributed by atoms with van der Waals surface area (Å²) in [6.07, 6.45) is 4.50. The Kier molecular flexibility index (Phi) is 7.73. The van der Waals surface area contributed by atoms with E-state index in [2.05, 4.69) is 20.6 Å². The molecule has 1 fully saturated rings. The van der Waals surface area contributed by atoms with Gasteiger partial charge >= 0.3 is 0 Å². The number of halogens is 1. The zero-order valence-corrected chi connectivity index (χ0v) is 20.6. The van der Waals surface area contributed by atoms with Gasteiger partial charge in [-0.3, -0.25) is 14.6 Å². The van der Waals surface area contributed by atoms with Crippen molar-refractivity contribution >= 4 is 11.8 Å². The molecular formula is C26H31FN6O3. The molecule has 2 amide bonds. The van der Waals surface area contributed by atoms with E-state index in [1.165, 1.54) is 18.3 Å². The molecule has 0 saturated carbocycles. The first-order chi connectivity index (χ1) is 17.3. The third-order valence-electron chi connectivity index (χ3n) is 6.48. The van der Waals surface area contributed by atoms with Crippen molar-refractivity contribution in [1.29, 1.82) is 0 Å². The first-order valence-corrected chi connectivity index (χ1v) is 12.1. The van der Waals surface area contributed by atoms with Crippen LogP contribution in [0.2, 0.25) is 0 Å². The fourth-order valence-corrected chi connectivity index (χ4v) is 4.65. The van der Waals surface area contributed by atoms with Gasteiger partial charge in [-0.15, -0.1) is 5.10 Å². The molecule has 1 aliphatic rings. The summed E-state index contributed by atoms with van der Waals surface area (Å²) in [6, 6.07) is 7.85. The number of hydrogen-bond acceptors (Lipinski definition) is 6. The van der Waals surface area contributed by atoms with Crippen molar-refractivity contribution in [3.63, 3.8) is 0 Å². The molecule has 0 bridgehead atoms. The van der Waals surface area contributed by atoms with E-state index in [0.29, 0.717) is 36.2 Å². The van der Waals surface area contributed by atoms with Crippen molar-refractivity contribution < 1.29 is 19.1 Å². The number of aliphatic hydroxyl groups is 1. The Morgan fingerprint density at radius 1 is 1.22 bits per heavy atom. The summed E-state index contributed by atoms with van der Waals surface area (Å²) >= 11 is 0. The number of aliphatic hydroxyl groups excluding tert-OH is 1. The van der Waals surface area contributed by atoms with E-state index in [0.717, 1.165) is 0 Å². The van der Waals surface area contributed by atoms with Gasteiger partial charge in [-0.25, -0.2) is 9.07 Å². The summed E-state index contributed by atoms with van der Waals surface area (Å²) in [6.45, 7) is 5.84. The second-order valence-electron chi connectivity index (χ2n) is 9.42. The van der Waals surface area contributed by atoms with Crippen LogP contribution in [-0.2, 0) is 9.59 Å². The van der Waals surface area contributed by atoms with E-state index in [1.54, 1.807) is 40.0 Å².